The second-order valence-electron chi connectivity index (χ2n) is 3.79. The Hall–Kier alpha value is -2.04. The number of primary amides is 1. The smallest absolute Gasteiger partial charge is 0.337 e. The van der Waals surface area contributed by atoms with E-state index in [1.165, 1.54) is 7.11 Å². The van der Waals surface area contributed by atoms with E-state index in [2.05, 4.69) is 10.1 Å². The molecule has 0 unspecified atom stereocenters. The number of hydrogen-bond acceptors (Lipinski definition) is 4. The lowest BCUT2D eigenvalue weighted by Gasteiger charge is -2.14. The maximum Gasteiger partial charge on any atom is 0.337 e. The van der Waals surface area contributed by atoms with Crippen LogP contribution in [0.3, 0.4) is 0 Å². The lowest BCUT2D eigenvalue weighted by Crippen LogP contribution is -2.32. The van der Waals surface area contributed by atoms with Gasteiger partial charge in [0.1, 0.15) is 6.04 Å². The summed E-state index contributed by atoms with van der Waals surface area (Å²) in [6, 6.07) is 4.59. The first-order chi connectivity index (χ1) is 7.95. The van der Waals surface area contributed by atoms with Crippen LogP contribution in [0, 0.1) is 6.92 Å². The van der Waals surface area contributed by atoms with Gasteiger partial charge in [-0.1, -0.05) is 6.07 Å². The molecule has 3 N–H and O–H groups in total. The number of carbonyl (C=O) groups is 2. The van der Waals surface area contributed by atoms with Crippen molar-refractivity contribution in [2.75, 3.05) is 12.4 Å². The lowest BCUT2D eigenvalue weighted by molar-refractivity contribution is -0.118. The fourth-order valence-corrected chi connectivity index (χ4v) is 1.33. The molecule has 0 aromatic heterocycles. The molecule has 0 heterocycles. The third-order valence-corrected chi connectivity index (χ3v) is 2.46. The average molecular weight is 236 g/mol. The molecule has 92 valence electrons. The van der Waals surface area contributed by atoms with Crippen molar-refractivity contribution in [2.45, 2.75) is 19.9 Å². The fourth-order valence-electron chi connectivity index (χ4n) is 1.33. The van der Waals surface area contributed by atoms with E-state index in [0.717, 1.165) is 5.56 Å². The van der Waals surface area contributed by atoms with Gasteiger partial charge < -0.3 is 15.8 Å². The zero-order chi connectivity index (χ0) is 13.0. The highest BCUT2D eigenvalue weighted by Gasteiger charge is 2.12. The van der Waals surface area contributed by atoms with Crippen LogP contribution in [0.4, 0.5) is 5.69 Å². The van der Waals surface area contributed by atoms with Gasteiger partial charge in [-0.15, -0.1) is 0 Å². The second kappa shape index (κ2) is 5.34. The number of ether oxygens (including phenoxy) is 1. The van der Waals surface area contributed by atoms with Crippen LogP contribution < -0.4 is 11.1 Å². The molecule has 1 atom stereocenters. The van der Waals surface area contributed by atoms with E-state index in [-0.39, 0.29) is 0 Å². The molecule has 0 saturated heterocycles. The third kappa shape index (κ3) is 3.21. The Bertz CT molecular complexity index is 443. The maximum atomic E-state index is 11.4. The molecule has 0 aliphatic heterocycles. The summed E-state index contributed by atoms with van der Waals surface area (Å²) >= 11 is 0. The second-order valence-corrected chi connectivity index (χ2v) is 3.79. The van der Waals surface area contributed by atoms with E-state index in [1.54, 1.807) is 25.1 Å². The Kier molecular flexibility index (Phi) is 4.09. The van der Waals surface area contributed by atoms with Crippen molar-refractivity contribution in [1.82, 2.24) is 0 Å². The van der Waals surface area contributed by atoms with Crippen molar-refractivity contribution in [3.8, 4) is 0 Å². The summed E-state index contributed by atoms with van der Waals surface area (Å²) < 4.78 is 4.63. The van der Waals surface area contributed by atoms with E-state index in [4.69, 9.17) is 5.73 Å². The fraction of sp³-hybridized carbons (Fsp3) is 0.333. The number of hydrogen-bond donors (Lipinski definition) is 2. The van der Waals surface area contributed by atoms with E-state index in [0.29, 0.717) is 11.3 Å². The number of nitrogens with two attached hydrogens (primary N) is 1. The van der Waals surface area contributed by atoms with Crippen LogP contribution >= 0.6 is 0 Å². The minimum absolute atomic E-state index is 0.417. The minimum Gasteiger partial charge on any atom is -0.465 e. The first kappa shape index (κ1) is 13.0. The highest BCUT2D eigenvalue weighted by Crippen LogP contribution is 2.18. The normalized spacial score (nSPS) is 11.7. The average Bonchev–Trinajstić information content (AvgIpc) is 2.30. The molecule has 5 heteroatoms. The van der Waals surface area contributed by atoms with Crippen molar-refractivity contribution in [3.63, 3.8) is 0 Å². The molecular weight excluding hydrogens is 220 g/mol. The van der Waals surface area contributed by atoms with Gasteiger partial charge in [-0.2, -0.15) is 0 Å². The molecule has 0 aliphatic rings. The molecule has 1 rings (SSSR count). The highest BCUT2D eigenvalue weighted by molar-refractivity contribution is 5.91. The number of anilines is 1. The van der Waals surface area contributed by atoms with Gasteiger partial charge in [0, 0.05) is 5.69 Å². The predicted octanol–water partition coefficient (Wildman–Crippen LogP) is 1.07. The van der Waals surface area contributed by atoms with Crippen LogP contribution in [0.15, 0.2) is 18.2 Å². The molecule has 0 fully saturated rings. The van der Waals surface area contributed by atoms with Crippen LogP contribution in [0.1, 0.15) is 22.8 Å². The molecule has 5 nitrogen and oxygen atoms in total. The van der Waals surface area contributed by atoms with E-state index in [9.17, 15) is 9.59 Å². The lowest BCUT2D eigenvalue weighted by atomic mass is 10.1. The summed E-state index contributed by atoms with van der Waals surface area (Å²) in [6.07, 6.45) is 0. The molecule has 1 aromatic rings. The Balaban J connectivity index is 2.98. The van der Waals surface area contributed by atoms with Gasteiger partial charge in [-0.3, -0.25) is 4.79 Å². The van der Waals surface area contributed by atoms with E-state index >= 15 is 0 Å². The Morgan fingerprint density at radius 2 is 2.06 bits per heavy atom. The number of benzene rings is 1. The van der Waals surface area contributed by atoms with Gasteiger partial charge in [-0.05, 0) is 31.5 Å². The number of carbonyl (C=O) groups excluding carboxylic acids is 2. The summed E-state index contributed by atoms with van der Waals surface area (Å²) in [7, 11) is 1.32. The topological polar surface area (TPSA) is 81.4 Å². The molecule has 0 bridgehead atoms. The number of methoxy groups -OCH3 is 1. The van der Waals surface area contributed by atoms with Crippen molar-refractivity contribution in [1.29, 1.82) is 0 Å². The van der Waals surface area contributed by atoms with E-state index in [1.807, 2.05) is 6.92 Å². The number of rotatable bonds is 4. The van der Waals surface area contributed by atoms with Crippen LogP contribution in [-0.4, -0.2) is 25.0 Å². The summed E-state index contributed by atoms with van der Waals surface area (Å²) in [5, 5.41) is 2.95. The van der Waals surface area contributed by atoms with Crippen LogP contribution in [-0.2, 0) is 9.53 Å². The number of nitrogens with one attached hydrogen (secondary N) is 1. The summed E-state index contributed by atoms with van der Waals surface area (Å²) in [6.45, 7) is 3.53. The van der Waals surface area contributed by atoms with Gasteiger partial charge >= 0.3 is 5.97 Å². The van der Waals surface area contributed by atoms with Gasteiger partial charge in [0.25, 0.3) is 0 Å². The van der Waals surface area contributed by atoms with Gasteiger partial charge in [0.2, 0.25) is 5.91 Å². The largest absolute Gasteiger partial charge is 0.465 e. The van der Waals surface area contributed by atoms with E-state index < -0.39 is 17.9 Å². The Labute approximate surface area is 99.9 Å². The van der Waals surface area contributed by atoms with Crippen molar-refractivity contribution in [3.05, 3.63) is 29.3 Å². The number of aryl methyl sites for hydroxylation is 1. The minimum atomic E-state index is -0.499. The molecule has 0 saturated carbocycles. The van der Waals surface area contributed by atoms with Gasteiger partial charge in [0.05, 0.1) is 12.7 Å². The maximum absolute atomic E-state index is 11.4. The quantitative estimate of drug-likeness (QED) is 0.766. The Morgan fingerprint density at radius 3 is 2.59 bits per heavy atom. The zero-order valence-electron chi connectivity index (χ0n) is 10.1. The zero-order valence-corrected chi connectivity index (χ0v) is 10.1. The highest BCUT2D eigenvalue weighted by atomic mass is 16.5. The third-order valence-electron chi connectivity index (χ3n) is 2.46. The van der Waals surface area contributed by atoms with Crippen molar-refractivity contribution >= 4 is 17.6 Å². The standard InChI is InChI=1S/C12H16N2O3/c1-7-4-5-9(12(16)17-3)6-10(7)14-8(2)11(13)15/h4-6,8,14H,1-3H3,(H2,13,15)/t8-/m1/s1. The number of esters is 1. The molecule has 0 aliphatic carbocycles. The van der Waals surface area contributed by atoms with Crippen molar-refractivity contribution in [2.24, 2.45) is 5.73 Å². The summed E-state index contributed by atoms with van der Waals surface area (Å²) in [5.74, 6) is -0.868. The number of amides is 1. The SMILES string of the molecule is COC(=O)c1ccc(C)c(N[C@H](C)C(N)=O)c1. The first-order valence-corrected chi connectivity index (χ1v) is 5.20. The molecule has 0 spiro atoms. The van der Waals surface area contributed by atoms with Crippen LogP contribution in [0.25, 0.3) is 0 Å². The molecule has 17 heavy (non-hydrogen) atoms. The molecular formula is C12H16N2O3. The van der Waals surface area contributed by atoms with Gasteiger partial charge in [0.15, 0.2) is 0 Å². The van der Waals surface area contributed by atoms with Gasteiger partial charge in [-0.25, -0.2) is 4.79 Å². The monoisotopic (exact) mass is 236 g/mol. The van der Waals surface area contributed by atoms with Crippen molar-refractivity contribution < 1.29 is 14.3 Å². The predicted molar refractivity (Wildman–Crippen MR) is 64.8 cm³/mol. The summed E-state index contributed by atoms with van der Waals surface area (Å²) in [4.78, 5) is 22.3. The molecule has 0 radical (unpaired) electrons. The first-order valence-electron chi connectivity index (χ1n) is 5.20. The summed E-state index contributed by atoms with van der Waals surface area (Å²) in [5.41, 5.74) is 7.21. The van der Waals surface area contributed by atoms with Crippen LogP contribution in [0.5, 0.6) is 0 Å². The Morgan fingerprint density at radius 1 is 1.41 bits per heavy atom. The molecule has 1 aromatic carbocycles. The molecule has 1 amide bonds. The van der Waals surface area contributed by atoms with Crippen LogP contribution in [0.2, 0.25) is 0 Å².